The molecule has 2 atom stereocenters. The second kappa shape index (κ2) is 7.28. The van der Waals surface area contributed by atoms with Crippen molar-refractivity contribution in [3.63, 3.8) is 0 Å². The van der Waals surface area contributed by atoms with E-state index in [1.54, 1.807) is 0 Å². The number of rotatable bonds is 4. The van der Waals surface area contributed by atoms with Gasteiger partial charge in [-0.25, -0.2) is 0 Å². The fraction of sp³-hybridized carbons (Fsp3) is 0.381. The Bertz CT molecular complexity index is 791. The maximum absolute atomic E-state index is 5.68. The van der Waals surface area contributed by atoms with Gasteiger partial charge in [-0.05, 0) is 29.7 Å². The van der Waals surface area contributed by atoms with Gasteiger partial charge in [-0.1, -0.05) is 36.4 Å². The molecule has 2 aromatic carbocycles. The molecule has 1 saturated carbocycles. The average Bonchev–Trinajstić information content (AvgIpc) is 3.46. The second-order valence-corrected chi connectivity index (χ2v) is 6.88. The van der Waals surface area contributed by atoms with Crippen molar-refractivity contribution in [2.75, 3.05) is 27.3 Å². The van der Waals surface area contributed by atoms with E-state index in [0.717, 1.165) is 30.4 Å². The van der Waals surface area contributed by atoms with E-state index in [2.05, 4.69) is 64.7 Å². The molecule has 0 spiro atoms. The SMILES string of the molecule is CN=C(NC1CC1c1ccccc1)N(C)Cc1ccc2c(c1)OCCO2. The number of hydrogen-bond donors (Lipinski definition) is 1. The first-order valence-electron chi connectivity index (χ1n) is 9.12. The molecule has 2 unspecified atom stereocenters. The predicted molar refractivity (Wildman–Crippen MR) is 103 cm³/mol. The zero-order valence-electron chi connectivity index (χ0n) is 15.3. The summed E-state index contributed by atoms with van der Waals surface area (Å²) in [5.74, 6) is 3.16. The average molecular weight is 351 g/mol. The van der Waals surface area contributed by atoms with E-state index in [9.17, 15) is 0 Å². The maximum atomic E-state index is 5.68. The van der Waals surface area contributed by atoms with E-state index in [1.165, 1.54) is 11.1 Å². The highest BCUT2D eigenvalue weighted by Gasteiger charge is 2.39. The summed E-state index contributed by atoms with van der Waals surface area (Å²) in [6, 6.07) is 17.3. The molecule has 2 aromatic rings. The van der Waals surface area contributed by atoms with Crippen LogP contribution in [0, 0.1) is 0 Å². The fourth-order valence-corrected chi connectivity index (χ4v) is 3.47. The van der Waals surface area contributed by atoms with Crippen LogP contribution >= 0.6 is 0 Å². The number of nitrogens with one attached hydrogen (secondary N) is 1. The van der Waals surface area contributed by atoms with Crippen molar-refractivity contribution in [2.45, 2.75) is 24.9 Å². The molecule has 2 aliphatic rings. The second-order valence-electron chi connectivity index (χ2n) is 6.88. The highest BCUT2D eigenvalue weighted by atomic mass is 16.6. The molecule has 1 fully saturated rings. The number of hydrogen-bond acceptors (Lipinski definition) is 3. The third-order valence-electron chi connectivity index (χ3n) is 4.93. The topological polar surface area (TPSA) is 46.1 Å². The summed E-state index contributed by atoms with van der Waals surface area (Å²) in [5, 5.41) is 3.59. The Morgan fingerprint density at radius 2 is 1.88 bits per heavy atom. The summed E-state index contributed by atoms with van der Waals surface area (Å²) in [6.07, 6.45) is 1.15. The normalized spacial score (nSPS) is 21.2. The third kappa shape index (κ3) is 3.62. The van der Waals surface area contributed by atoms with Gasteiger partial charge < -0.3 is 19.7 Å². The van der Waals surface area contributed by atoms with Crippen LogP contribution in [0.15, 0.2) is 53.5 Å². The summed E-state index contributed by atoms with van der Waals surface area (Å²) in [7, 11) is 3.90. The Labute approximate surface area is 154 Å². The van der Waals surface area contributed by atoms with E-state index in [-0.39, 0.29) is 0 Å². The number of ether oxygens (including phenoxy) is 2. The Kier molecular flexibility index (Phi) is 4.69. The monoisotopic (exact) mass is 351 g/mol. The standard InChI is InChI=1S/C21H25N3O2/c1-22-21(23-18-13-17(18)16-6-4-3-5-7-16)24(2)14-15-8-9-19-20(12-15)26-11-10-25-19/h3-9,12,17-18H,10-11,13-14H2,1-2H3,(H,22,23). The Morgan fingerprint density at radius 1 is 1.12 bits per heavy atom. The number of fused-ring (bicyclic) bond motifs is 1. The minimum absolute atomic E-state index is 0.457. The maximum Gasteiger partial charge on any atom is 0.193 e. The van der Waals surface area contributed by atoms with Crippen LogP contribution in [0.3, 0.4) is 0 Å². The summed E-state index contributed by atoms with van der Waals surface area (Å²) in [4.78, 5) is 6.60. The van der Waals surface area contributed by atoms with Crippen LogP contribution in [-0.4, -0.2) is 44.2 Å². The zero-order valence-corrected chi connectivity index (χ0v) is 15.3. The van der Waals surface area contributed by atoms with E-state index in [4.69, 9.17) is 9.47 Å². The van der Waals surface area contributed by atoms with Gasteiger partial charge in [0.05, 0.1) is 0 Å². The van der Waals surface area contributed by atoms with Crippen molar-refractivity contribution in [3.8, 4) is 11.5 Å². The van der Waals surface area contributed by atoms with Gasteiger partial charge in [0.25, 0.3) is 0 Å². The van der Waals surface area contributed by atoms with E-state index >= 15 is 0 Å². The third-order valence-corrected chi connectivity index (χ3v) is 4.93. The van der Waals surface area contributed by atoms with Crippen molar-refractivity contribution in [3.05, 3.63) is 59.7 Å². The van der Waals surface area contributed by atoms with Gasteiger partial charge >= 0.3 is 0 Å². The van der Waals surface area contributed by atoms with Crippen molar-refractivity contribution < 1.29 is 9.47 Å². The van der Waals surface area contributed by atoms with Crippen LogP contribution in [0.4, 0.5) is 0 Å². The smallest absolute Gasteiger partial charge is 0.193 e. The van der Waals surface area contributed by atoms with E-state index < -0.39 is 0 Å². The molecule has 0 saturated heterocycles. The molecule has 5 nitrogen and oxygen atoms in total. The fourth-order valence-electron chi connectivity index (χ4n) is 3.47. The minimum Gasteiger partial charge on any atom is -0.486 e. The van der Waals surface area contributed by atoms with Gasteiger partial charge in [-0.2, -0.15) is 0 Å². The molecule has 5 heteroatoms. The molecule has 26 heavy (non-hydrogen) atoms. The zero-order chi connectivity index (χ0) is 17.9. The molecular weight excluding hydrogens is 326 g/mol. The summed E-state index contributed by atoms with van der Waals surface area (Å²) >= 11 is 0. The lowest BCUT2D eigenvalue weighted by Crippen LogP contribution is -2.40. The number of nitrogens with zero attached hydrogens (tertiary/aromatic N) is 2. The predicted octanol–water partition coefficient (Wildman–Crippen LogP) is 3.02. The molecule has 0 radical (unpaired) electrons. The van der Waals surface area contributed by atoms with Gasteiger partial charge in [0.15, 0.2) is 17.5 Å². The van der Waals surface area contributed by atoms with Gasteiger partial charge in [0, 0.05) is 32.6 Å². The molecule has 1 aliphatic heterocycles. The van der Waals surface area contributed by atoms with Gasteiger partial charge in [0.1, 0.15) is 13.2 Å². The molecule has 0 aromatic heterocycles. The largest absolute Gasteiger partial charge is 0.486 e. The van der Waals surface area contributed by atoms with Crippen LogP contribution in [-0.2, 0) is 6.54 Å². The molecule has 1 heterocycles. The summed E-state index contributed by atoms with van der Waals surface area (Å²) in [5.41, 5.74) is 2.57. The Morgan fingerprint density at radius 3 is 2.65 bits per heavy atom. The van der Waals surface area contributed by atoms with E-state index in [0.29, 0.717) is 25.2 Å². The van der Waals surface area contributed by atoms with Crippen molar-refractivity contribution in [1.82, 2.24) is 10.2 Å². The number of guanidine groups is 1. The van der Waals surface area contributed by atoms with Crippen LogP contribution in [0.1, 0.15) is 23.5 Å². The molecule has 0 amide bonds. The quantitative estimate of drug-likeness (QED) is 0.679. The molecule has 136 valence electrons. The highest BCUT2D eigenvalue weighted by Crippen LogP contribution is 2.40. The first-order valence-corrected chi connectivity index (χ1v) is 9.12. The molecule has 0 bridgehead atoms. The van der Waals surface area contributed by atoms with Crippen molar-refractivity contribution >= 4 is 5.96 Å². The van der Waals surface area contributed by atoms with Gasteiger partial charge in [-0.3, -0.25) is 4.99 Å². The molecular formula is C21H25N3O2. The Hall–Kier alpha value is -2.69. The van der Waals surface area contributed by atoms with Gasteiger partial charge in [-0.15, -0.1) is 0 Å². The first kappa shape index (κ1) is 16.8. The van der Waals surface area contributed by atoms with E-state index in [1.807, 2.05) is 13.1 Å². The number of benzene rings is 2. The number of aliphatic imine (C=N–C) groups is 1. The first-order chi connectivity index (χ1) is 12.7. The summed E-state index contributed by atoms with van der Waals surface area (Å²) in [6.45, 7) is 1.99. The lowest BCUT2D eigenvalue weighted by molar-refractivity contribution is 0.171. The van der Waals surface area contributed by atoms with Crippen LogP contribution in [0.25, 0.3) is 0 Å². The minimum atomic E-state index is 0.457. The Balaban J connectivity index is 1.37. The van der Waals surface area contributed by atoms with Gasteiger partial charge in [0.2, 0.25) is 0 Å². The molecule has 1 aliphatic carbocycles. The molecule has 1 N–H and O–H groups in total. The van der Waals surface area contributed by atoms with Crippen LogP contribution < -0.4 is 14.8 Å². The van der Waals surface area contributed by atoms with Crippen LogP contribution in [0.2, 0.25) is 0 Å². The van der Waals surface area contributed by atoms with Crippen molar-refractivity contribution in [1.29, 1.82) is 0 Å². The lowest BCUT2D eigenvalue weighted by atomic mass is 10.1. The van der Waals surface area contributed by atoms with Crippen molar-refractivity contribution in [2.24, 2.45) is 4.99 Å². The lowest BCUT2D eigenvalue weighted by Gasteiger charge is -2.24. The molecule has 4 rings (SSSR count). The van der Waals surface area contributed by atoms with Crippen LogP contribution in [0.5, 0.6) is 11.5 Å². The summed E-state index contributed by atoms with van der Waals surface area (Å²) < 4.78 is 11.3. The highest BCUT2D eigenvalue weighted by molar-refractivity contribution is 5.80.